The first-order valence-electron chi connectivity index (χ1n) is 9.94. The monoisotopic (exact) mass is 387 g/mol. The molecule has 2 aromatic carbocycles. The number of rotatable bonds is 5. The van der Waals surface area contributed by atoms with Gasteiger partial charge in [0.2, 0.25) is 11.9 Å². The van der Waals surface area contributed by atoms with Crippen molar-refractivity contribution in [1.29, 1.82) is 0 Å². The molecule has 1 aliphatic heterocycles. The first-order chi connectivity index (χ1) is 14.2. The second kappa shape index (κ2) is 8.84. The molecule has 0 spiro atoms. The Morgan fingerprint density at radius 1 is 0.897 bits per heavy atom. The predicted molar refractivity (Wildman–Crippen MR) is 116 cm³/mol. The Balaban J connectivity index is 1.40. The third-order valence-corrected chi connectivity index (χ3v) is 5.35. The predicted octanol–water partition coefficient (Wildman–Crippen LogP) is 3.29. The maximum Gasteiger partial charge on any atom is 0.241 e. The fraction of sp³-hybridized carbons (Fsp3) is 0.261. The van der Waals surface area contributed by atoms with Crippen LogP contribution in [0.4, 0.5) is 11.6 Å². The minimum atomic E-state index is -0.210. The minimum absolute atomic E-state index is 0.0118. The van der Waals surface area contributed by atoms with Crippen molar-refractivity contribution in [1.82, 2.24) is 14.9 Å². The first-order valence-corrected chi connectivity index (χ1v) is 9.94. The quantitative estimate of drug-likeness (QED) is 0.728. The van der Waals surface area contributed by atoms with E-state index in [1.807, 2.05) is 55.5 Å². The van der Waals surface area contributed by atoms with Crippen molar-refractivity contribution in [3.63, 3.8) is 0 Å². The molecule has 0 unspecified atom stereocenters. The van der Waals surface area contributed by atoms with Crippen LogP contribution in [-0.2, 0) is 4.79 Å². The number of hydrogen-bond donors (Lipinski definition) is 1. The van der Waals surface area contributed by atoms with E-state index in [0.29, 0.717) is 0 Å². The second-order valence-electron chi connectivity index (χ2n) is 7.15. The summed E-state index contributed by atoms with van der Waals surface area (Å²) in [5, 5.41) is 3.13. The number of amides is 1. The number of benzene rings is 2. The molecule has 0 bridgehead atoms. The lowest BCUT2D eigenvalue weighted by molar-refractivity contribution is -0.120. The summed E-state index contributed by atoms with van der Waals surface area (Å²) in [5.41, 5.74) is 2.96. The number of carbonyl (C=O) groups excluding carboxylic acids is 1. The molecule has 6 heteroatoms. The van der Waals surface area contributed by atoms with E-state index in [4.69, 9.17) is 0 Å². The van der Waals surface area contributed by atoms with Crippen molar-refractivity contribution in [2.45, 2.75) is 13.0 Å². The summed E-state index contributed by atoms with van der Waals surface area (Å²) in [6, 6.07) is 19.7. The van der Waals surface area contributed by atoms with Gasteiger partial charge in [0, 0.05) is 49.8 Å². The molecule has 1 amide bonds. The number of carbonyl (C=O) groups is 1. The molecule has 2 heterocycles. The van der Waals surface area contributed by atoms with Crippen LogP contribution in [-0.4, -0.2) is 53.0 Å². The van der Waals surface area contributed by atoms with Gasteiger partial charge in [-0.2, -0.15) is 0 Å². The van der Waals surface area contributed by atoms with E-state index in [9.17, 15) is 4.79 Å². The van der Waals surface area contributed by atoms with Gasteiger partial charge in [0.1, 0.15) is 0 Å². The maximum atomic E-state index is 13.0. The van der Waals surface area contributed by atoms with Crippen LogP contribution in [0.25, 0.3) is 11.1 Å². The van der Waals surface area contributed by atoms with Crippen LogP contribution >= 0.6 is 0 Å². The topological polar surface area (TPSA) is 61.4 Å². The van der Waals surface area contributed by atoms with Gasteiger partial charge in [0.15, 0.2) is 0 Å². The van der Waals surface area contributed by atoms with Crippen molar-refractivity contribution in [3.05, 3.63) is 73.1 Å². The average Bonchev–Trinajstić information content (AvgIpc) is 2.80. The van der Waals surface area contributed by atoms with Gasteiger partial charge >= 0.3 is 0 Å². The van der Waals surface area contributed by atoms with E-state index in [0.717, 1.165) is 48.9 Å². The van der Waals surface area contributed by atoms with Crippen LogP contribution in [0.2, 0.25) is 0 Å². The Morgan fingerprint density at radius 3 is 2.28 bits per heavy atom. The van der Waals surface area contributed by atoms with Crippen molar-refractivity contribution in [2.75, 3.05) is 36.4 Å². The lowest BCUT2D eigenvalue weighted by atomic mass is 10.0. The Kier molecular flexibility index (Phi) is 5.81. The van der Waals surface area contributed by atoms with Crippen LogP contribution < -0.4 is 10.2 Å². The summed E-state index contributed by atoms with van der Waals surface area (Å²) in [6.07, 6.45) is 3.52. The molecule has 148 valence electrons. The molecule has 0 saturated carbocycles. The van der Waals surface area contributed by atoms with E-state index in [1.54, 1.807) is 12.4 Å². The average molecular weight is 387 g/mol. The number of nitrogens with one attached hydrogen (secondary N) is 1. The lowest BCUT2D eigenvalue weighted by Crippen LogP contribution is -2.53. The summed E-state index contributed by atoms with van der Waals surface area (Å²) in [6.45, 7) is 5.18. The van der Waals surface area contributed by atoms with Crippen molar-refractivity contribution < 1.29 is 4.79 Å². The van der Waals surface area contributed by atoms with Crippen LogP contribution in [0.3, 0.4) is 0 Å². The molecule has 6 nitrogen and oxygen atoms in total. The van der Waals surface area contributed by atoms with Gasteiger partial charge in [0.05, 0.1) is 6.04 Å². The smallest absolute Gasteiger partial charge is 0.241 e. The van der Waals surface area contributed by atoms with E-state index in [2.05, 4.69) is 37.2 Å². The molecule has 1 fully saturated rings. The number of aromatic nitrogens is 2. The first kappa shape index (κ1) is 19.1. The Labute approximate surface area is 171 Å². The zero-order valence-corrected chi connectivity index (χ0v) is 16.5. The minimum Gasteiger partial charge on any atom is -0.338 e. The van der Waals surface area contributed by atoms with E-state index >= 15 is 0 Å². The van der Waals surface area contributed by atoms with Crippen molar-refractivity contribution >= 4 is 17.5 Å². The molecule has 0 radical (unpaired) electrons. The molecular weight excluding hydrogens is 362 g/mol. The van der Waals surface area contributed by atoms with Gasteiger partial charge < -0.3 is 10.2 Å². The largest absolute Gasteiger partial charge is 0.338 e. The highest BCUT2D eigenvalue weighted by Gasteiger charge is 2.26. The van der Waals surface area contributed by atoms with E-state index in [-0.39, 0.29) is 11.9 Å². The fourth-order valence-electron chi connectivity index (χ4n) is 3.63. The zero-order chi connectivity index (χ0) is 20.1. The molecule has 29 heavy (non-hydrogen) atoms. The Morgan fingerprint density at radius 2 is 1.55 bits per heavy atom. The van der Waals surface area contributed by atoms with Gasteiger partial charge in [-0.15, -0.1) is 0 Å². The third-order valence-electron chi connectivity index (χ3n) is 5.35. The van der Waals surface area contributed by atoms with Crippen LogP contribution in [0, 0.1) is 0 Å². The van der Waals surface area contributed by atoms with Gasteiger partial charge in [-0.1, -0.05) is 48.5 Å². The summed E-state index contributed by atoms with van der Waals surface area (Å²) in [5.74, 6) is 0.763. The van der Waals surface area contributed by atoms with E-state index in [1.165, 1.54) is 0 Å². The second-order valence-corrected chi connectivity index (χ2v) is 7.15. The van der Waals surface area contributed by atoms with Gasteiger partial charge in [-0.3, -0.25) is 9.69 Å². The molecule has 1 saturated heterocycles. The van der Waals surface area contributed by atoms with E-state index < -0.39 is 0 Å². The summed E-state index contributed by atoms with van der Waals surface area (Å²) in [4.78, 5) is 26.0. The maximum absolute atomic E-state index is 13.0. The van der Waals surface area contributed by atoms with Crippen molar-refractivity contribution in [2.24, 2.45) is 0 Å². The molecule has 3 aromatic rings. The highest BCUT2D eigenvalue weighted by atomic mass is 16.2. The van der Waals surface area contributed by atoms with Gasteiger partial charge in [-0.25, -0.2) is 9.97 Å². The number of nitrogens with zero attached hydrogens (tertiary/aromatic N) is 4. The number of piperazine rings is 1. The van der Waals surface area contributed by atoms with Gasteiger partial charge in [-0.05, 0) is 24.6 Å². The van der Waals surface area contributed by atoms with Gasteiger partial charge in [0.25, 0.3) is 0 Å². The third kappa shape index (κ3) is 4.43. The molecule has 1 N–H and O–H groups in total. The molecule has 1 atom stereocenters. The standard InChI is InChI=1S/C23H25N5O/c1-18(27-14-16-28(17-15-27)23-24-12-7-13-25-23)22(29)26-21-11-6-5-10-20(21)19-8-3-2-4-9-19/h2-13,18H,14-17H2,1H3,(H,26,29)/t18-/m1/s1. The summed E-state index contributed by atoms with van der Waals surface area (Å²) < 4.78 is 0. The summed E-state index contributed by atoms with van der Waals surface area (Å²) >= 11 is 0. The number of hydrogen-bond acceptors (Lipinski definition) is 5. The SMILES string of the molecule is C[C@H](C(=O)Nc1ccccc1-c1ccccc1)N1CCN(c2ncccn2)CC1. The fourth-order valence-corrected chi connectivity index (χ4v) is 3.63. The molecule has 4 rings (SSSR count). The lowest BCUT2D eigenvalue weighted by Gasteiger charge is -2.37. The number of para-hydroxylation sites is 1. The molecule has 0 aliphatic carbocycles. The highest BCUT2D eigenvalue weighted by Crippen LogP contribution is 2.27. The summed E-state index contributed by atoms with van der Waals surface area (Å²) in [7, 11) is 0. The Hall–Kier alpha value is -3.25. The normalized spacial score (nSPS) is 15.7. The van der Waals surface area contributed by atoms with Crippen LogP contribution in [0.5, 0.6) is 0 Å². The Bertz CT molecular complexity index is 940. The highest BCUT2D eigenvalue weighted by molar-refractivity contribution is 5.98. The van der Waals surface area contributed by atoms with Crippen molar-refractivity contribution in [3.8, 4) is 11.1 Å². The molecule has 1 aromatic heterocycles. The molecular formula is C23H25N5O. The van der Waals surface area contributed by atoms with Crippen LogP contribution in [0.15, 0.2) is 73.1 Å². The zero-order valence-electron chi connectivity index (χ0n) is 16.5. The molecule has 1 aliphatic rings. The van der Waals surface area contributed by atoms with Crippen LogP contribution in [0.1, 0.15) is 6.92 Å². The number of anilines is 2.